The van der Waals surface area contributed by atoms with E-state index in [1.165, 1.54) is 44.9 Å². The van der Waals surface area contributed by atoms with E-state index >= 15 is 0 Å². The van der Waals surface area contributed by atoms with Crippen LogP contribution in [0.5, 0.6) is 0 Å². The molecule has 2 saturated carbocycles. The molecule has 0 spiro atoms. The van der Waals surface area contributed by atoms with Gasteiger partial charge in [0.05, 0.1) is 0 Å². The molecule has 2 fully saturated rings. The minimum absolute atomic E-state index is 0.289. The van der Waals surface area contributed by atoms with Gasteiger partial charge in [-0.05, 0) is 70.6 Å². The van der Waals surface area contributed by atoms with Crippen LogP contribution in [-0.2, 0) is 4.74 Å². The smallest absolute Gasteiger partial charge is 0.407 e. The third-order valence-electron chi connectivity index (χ3n) is 5.36. The lowest BCUT2D eigenvalue weighted by molar-refractivity contribution is 0.0516. The van der Waals surface area contributed by atoms with E-state index in [0.717, 1.165) is 6.54 Å². The quantitative estimate of drug-likeness (QED) is 0.813. The number of amides is 1. The van der Waals surface area contributed by atoms with Gasteiger partial charge in [0, 0.05) is 18.6 Å². The molecule has 2 aliphatic carbocycles. The zero-order chi connectivity index (χ0) is 17.1. The lowest BCUT2D eigenvalue weighted by Gasteiger charge is -2.37. The Balaban J connectivity index is 1.74. The molecule has 2 atom stereocenters. The van der Waals surface area contributed by atoms with Crippen LogP contribution in [0, 0.1) is 11.3 Å². The number of nitrogens with one attached hydrogen (secondary N) is 2. The number of carbonyl (C=O) groups excluding carboxylic acids is 1. The predicted molar refractivity (Wildman–Crippen MR) is 94.5 cm³/mol. The molecule has 0 saturated heterocycles. The second-order valence-electron chi connectivity index (χ2n) is 9.29. The van der Waals surface area contributed by atoms with Crippen LogP contribution in [0.2, 0.25) is 0 Å². The number of alkyl carbamates (subject to hydrolysis) is 1. The first-order valence-electron chi connectivity index (χ1n) is 9.37. The zero-order valence-corrected chi connectivity index (χ0v) is 15.7. The molecular formula is C19H36N2O2. The fourth-order valence-corrected chi connectivity index (χ4v) is 3.90. The van der Waals surface area contributed by atoms with Crippen molar-refractivity contribution in [3.63, 3.8) is 0 Å². The summed E-state index contributed by atoms with van der Waals surface area (Å²) in [7, 11) is 0. The van der Waals surface area contributed by atoms with Crippen molar-refractivity contribution in [2.24, 2.45) is 11.3 Å². The largest absolute Gasteiger partial charge is 0.444 e. The molecule has 4 heteroatoms. The van der Waals surface area contributed by atoms with Gasteiger partial charge in [-0.2, -0.15) is 0 Å². The van der Waals surface area contributed by atoms with Crippen molar-refractivity contribution in [3.05, 3.63) is 0 Å². The van der Waals surface area contributed by atoms with E-state index in [2.05, 4.69) is 24.5 Å². The minimum atomic E-state index is -0.424. The number of ether oxygens (including phenoxy) is 1. The number of carbonyl (C=O) groups is 1. The predicted octanol–water partition coefficient (Wildman–Crippen LogP) is 4.24. The summed E-state index contributed by atoms with van der Waals surface area (Å²) in [4.78, 5) is 11.8. The van der Waals surface area contributed by atoms with Crippen molar-refractivity contribution in [2.45, 2.75) is 97.2 Å². The molecule has 134 valence electrons. The number of hydrogen-bond donors (Lipinski definition) is 2. The third-order valence-corrected chi connectivity index (χ3v) is 5.36. The molecule has 2 aliphatic rings. The van der Waals surface area contributed by atoms with Crippen LogP contribution in [0.25, 0.3) is 0 Å². The first kappa shape index (κ1) is 18.6. The first-order chi connectivity index (χ1) is 10.6. The Morgan fingerprint density at radius 2 is 1.78 bits per heavy atom. The molecule has 2 unspecified atom stereocenters. The van der Waals surface area contributed by atoms with Crippen LogP contribution < -0.4 is 10.6 Å². The maximum atomic E-state index is 11.8. The summed E-state index contributed by atoms with van der Waals surface area (Å²) in [6, 6.07) is 1.21. The van der Waals surface area contributed by atoms with Crippen molar-refractivity contribution in [3.8, 4) is 0 Å². The molecular weight excluding hydrogens is 288 g/mol. The van der Waals surface area contributed by atoms with E-state index in [-0.39, 0.29) is 6.09 Å². The summed E-state index contributed by atoms with van der Waals surface area (Å²) in [6.07, 6.45) is 8.62. The first-order valence-corrected chi connectivity index (χ1v) is 9.37. The Hall–Kier alpha value is -0.770. The lowest BCUT2D eigenvalue weighted by Crippen LogP contribution is -2.46. The van der Waals surface area contributed by atoms with Crippen molar-refractivity contribution in [1.29, 1.82) is 0 Å². The van der Waals surface area contributed by atoms with Gasteiger partial charge >= 0.3 is 6.09 Å². The normalized spacial score (nSPS) is 28.6. The molecule has 0 aromatic rings. The van der Waals surface area contributed by atoms with Gasteiger partial charge in [-0.3, -0.25) is 0 Å². The third kappa shape index (κ3) is 6.33. The highest BCUT2D eigenvalue weighted by Crippen LogP contribution is 2.36. The molecule has 2 rings (SSSR count). The second-order valence-corrected chi connectivity index (χ2v) is 9.29. The van der Waals surface area contributed by atoms with Gasteiger partial charge in [-0.25, -0.2) is 4.79 Å². The van der Waals surface area contributed by atoms with Crippen LogP contribution in [-0.4, -0.2) is 30.3 Å². The molecule has 2 N–H and O–H groups in total. The SMILES string of the molecule is CC1(C)CCC(NC2CCCC2CNC(=O)OC(C)(C)C)CC1. The van der Waals surface area contributed by atoms with E-state index in [9.17, 15) is 4.79 Å². The summed E-state index contributed by atoms with van der Waals surface area (Å²) in [5.74, 6) is 0.539. The molecule has 0 heterocycles. The van der Waals surface area contributed by atoms with E-state index in [4.69, 9.17) is 4.74 Å². The Morgan fingerprint density at radius 1 is 1.13 bits per heavy atom. The van der Waals surface area contributed by atoms with Crippen LogP contribution in [0.15, 0.2) is 0 Å². The molecule has 1 amide bonds. The van der Waals surface area contributed by atoms with Gasteiger partial charge in [-0.1, -0.05) is 20.3 Å². The minimum Gasteiger partial charge on any atom is -0.444 e. The maximum Gasteiger partial charge on any atom is 0.407 e. The summed E-state index contributed by atoms with van der Waals surface area (Å²) in [5, 5.41) is 6.85. The Kier molecular flexibility index (Phi) is 5.99. The Morgan fingerprint density at radius 3 is 2.39 bits per heavy atom. The number of hydrogen-bond acceptors (Lipinski definition) is 3. The van der Waals surface area contributed by atoms with Crippen molar-refractivity contribution < 1.29 is 9.53 Å². The number of rotatable bonds is 4. The summed E-state index contributed by atoms with van der Waals surface area (Å²) >= 11 is 0. The van der Waals surface area contributed by atoms with E-state index in [0.29, 0.717) is 23.4 Å². The lowest BCUT2D eigenvalue weighted by atomic mass is 9.75. The second kappa shape index (κ2) is 7.42. The Labute approximate surface area is 142 Å². The average molecular weight is 325 g/mol. The molecule has 0 aromatic carbocycles. The van der Waals surface area contributed by atoms with Crippen molar-refractivity contribution in [2.75, 3.05) is 6.54 Å². The molecule has 23 heavy (non-hydrogen) atoms. The molecule has 0 aliphatic heterocycles. The van der Waals surface area contributed by atoms with E-state index < -0.39 is 5.60 Å². The summed E-state index contributed by atoms with van der Waals surface area (Å²) < 4.78 is 5.34. The van der Waals surface area contributed by atoms with Crippen LogP contribution in [0.4, 0.5) is 4.79 Å². The van der Waals surface area contributed by atoms with Gasteiger partial charge in [0.1, 0.15) is 5.60 Å². The topological polar surface area (TPSA) is 50.4 Å². The maximum absolute atomic E-state index is 11.8. The van der Waals surface area contributed by atoms with Crippen LogP contribution >= 0.6 is 0 Å². The highest BCUT2D eigenvalue weighted by molar-refractivity contribution is 5.67. The van der Waals surface area contributed by atoms with E-state index in [1.54, 1.807) is 0 Å². The van der Waals surface area contributed by atoms with Gasteiger partial charge < -0.3 is 15.4 Å². The zero-order valence-electron chi connectivity index (χ0n) is 15.7. The highest BCUT2D eigenvalue weighted by atomic mass is 16.6. The standard InChI is InChI=1S/C19H36N2O2/c1-18(2,3)23-17(22)20-13-14-7-6-8-16(14)21-15-9-11-19(4,5)12-10-15/h14-16,21H,6-13H2,1-5H3,(H,20,22). The Bertz CT molecular complexity index is 391. The average Bonchev–Trinajstić information content (AvgIpc) is 2.84. The monoisotopic (exact) mass is 324 g/mol. The van der Waals surface area contributed by atoms with Gasteiger partial charge in [0.15, 0.2) is 0 Å². The summed E-state index contributed by atoms with van der Waals surface area (Å²) in [5.41, 5.74) is 0.0951. The van der Waals surface area contributed by atoms with Gasteiger partial charge in [0.2, 0.25) is 0 Å². The molecule has 0 radical (unpaired) electrons. The van der Waals surface area contributed by atoms with Crippen molar-refractivity contribution >= 4 is 6.09 Å². The van der Waals surface area contributed by atoms with Crippen molar-refractivity contribution in [1.82, 2.24) is 10.6 Å². The summed E-state index contributed by atoms with van der Waals surface area (Å²) in [6.45, 7) is 11.2. The fraction of sp³-hybridized carbons (Fsp3) is 0.947. The molecule has 0 bridgehead atoms. The van der Waals surface area contributed by atoms with E-state index in [1.807, 2.05) is 20.8 Å². The highest BCUT2D eigenvalue weighted by Gasteiger charge is 2.32. The molecule has 4 nitrogen and oxygen atoms in total. The van der Waals surface area contributed by atoms with Gasteiger partial charge in [0.25, 0.3) is 0 Å². The van der Waals surface area contributed by atoms with Crippen LogP contribution in [0.1, 0.15) is 79.6 Å². The van der Waals surface area contributed by atoms with Gasteiger partial charge in [-0.15, -0.1) is 0 Å². The fourth-order valence-electron chi connectivity index (χ4n) is 3.90. The molecule has 0 aromatic heterocycles. The van der Waals surface area contributed by atoms with Crippen LogP contribution in [0.3, 0.4) is 0 Å².